The van der Waals surface area contributed by atoms with Crippen molar-refractivity contribution in [3.05, 3.63) is 0 Å². The van der Waals surface area contributed by atoms with E-state index >= 15 is 0 Å². The summed E-state index contributed by atoms with van der Waals surface area (Å²) in [6.45, 7) is 14.3. The van der Waals surface area contributed by atoms with Gasteiger partial charge in [0.1, 0.15) is 0 Å². The van der Waals surface area contributed by atoms with Crippen LogP contribution in [-0.2, 0) is 4.43 Å². The van der Waals surface area contributed by atoms with E-state index in [1.54, 1.807) is 0 Å². The minimum absolute atomic E-state index is 0.815. The molecule has 0 aromatic carbocycles. The van der Waals surface area contributed by atoms with Crippen molar-refractivity contribution in [2.45, 2.75) is 57.7 Å². The van der Waals surface area contributed by atoms with Crippen LogP contribution in [0.2, 0.25) is 44.8 Å². The van der Waals surface area contributed by atoms with Gasteiger partial charge in [-0.15, -0.1) is 0 Å². The molecule has 0 aliphatic carbocycles. The summed E-state index contributed by atoms with van der Waals surface area (Å²) in [6.07, 6.45) is 2.61. The molecule has 0 bridgehead atoms. The number of rotatable bonds is 9. The van der Waals surface area contributed by atoms with E-state index in [0.29, 0.717) is 0 Å². The molecule has 0 saturated carbocycles. The molecule has 98 valence electrons. The van der Waals surface area contributed by atoms with E-state index in [-0.39, 0.29) is 0 Å². The van der Waals surface area contributed by atoms with E-state index in [1.807, 2.05) is 7.11 Å². The Morgan fingerprint density at radius 2 is 1.38 bits per heavy atom. The Labute approximate surface area is 104 Å². The summed E-state index contributed by atoms with van der Waals surface area (Å²) in [6, 6.07) is 2.71. The van der Waals surface area contributed by atoms with E-state index in [4.69, 9.17) is 4.43 Å². The molecule has 0 heterocycles. The van der Waals surface area contributed by atoms with Crippen molar-refractivity contribution >= 4 is 16.4 Å². The van der Waals surface area contributed by atoms with E-state index in [0.717, 1.165) is 6.54 Å². The van der Waals surface area contributed by atoms with Crippen LogP contribution in [0.25, 0.3) is 0 Å². The predicted octanol–water partition coefficient (Wildman–Crippen LogP) is 3.55. The van der Waals surface area contributed by atoms with Crippen molar-refractivity contribution in [3.63, 3.8) is 0 Å². The summed E-state index contributed by atoms with van der Waals surface area (Å²) in [5, 5.41) is 3.54. The van der Waals surface area contributed by atoms with Gasteiger partial charge in [-0.25, -0.2) is 0 Å². The average Bonchev–Trinajstić information content (AvgIpc) is 2.14. The number of nitrogens with one attached hydrogen (secondary N) is 1. The lowest BCUT2D eigenvalue weighted by Crippen LogP contribution is -2.30. The Bertz CT molecular complexity index is 178. The van der Waals surface area contributed by atoms with Gasteiger partial charge in [0.15, 0.2) is 8.32 Å². The van der Waals surface area contributed by atoms with E-state index in [9.17, 15) is 0 Å². The number of hydrogen-bond acceptors (Lipinski definition) is 2. The highest BCUT2D eigenvalue weighted by atomic mass is 28.4. The molecule has 0 radical (unpaired) electrons. The summed E-state index contributed by atoms with van der Waals surface area (Å²) in [5.74, 6) is 0. The van der Waals surface area contributed by atoms with Crippen LogP contribution in [0.1, 0.15) is 12.8 Å². The Balaban J connectivity index is 3.29. The van der Waals surface area contributed by atoms with Crippen LogP contribution in [0, 0.1) is 0 Å². The fourth-order valence-corrected chi connectivity index (χ4v) is 4.08. The molecule has 0 aliphatic rings. The van der Waals surface area contributed by atoms with Gasteiger partial charge in [-0.1, -0.05) is 25.7 Å². The third-order valence-electron chi connectivity index (χ3n) is 2.97. The lowest BCUT2D eigenvalue weighted by Gasteiger charge is -2.19. The molecule has 0 fully saturated rings. The third-order valence-corrected chi connectivity index (χ3v) is 7.48. The topological polar surface area (TPSA) is 21.3 Å². The quantitative estimate of drug-likeness (QED) is 0.506. The summed E-state index contributed by atoms with van der Waals surface area (Å²) in [5.41, 5.74) is 0. The minimum Gasteiger partial charge on any atom is -0.420 e. The Morgan fingerprint density at radius 3 is 1.81 bits per heavy atom. The van der Waals surface area contributed by atoms with Crippen molar-refractivity contribution < 1.29 is 4.43 Å². The largest absolute Gasteiger partial charge is 0.420 e. The van der Waals surface area contributed by atoms with Crippen molar-refractivity contribution in [2.75, 3.05) is 20.2 Å². The minimum atomic E-state index is -1.31. The zero-order valence-corrected chi connectivity index (χ0v) is 14.2. The summed E-state index contributed by atoms with van der Waals surface area (Å²) in [4.78, 5) is 0. The fraction of sp³-hybridized carbons (Fsp3) is 1.00. The zero-order valence-electron chi connectivity index (χ0n) is 12.2. The smallest absolute Gasteiger partial charge is 0.186 e. The van der Waals surface area contributed by atoms with E-state index < -0.39 is 16.4 Å². The normalized spacial score (nSPS) is 13.1. The molecule has 0 atom stereocenters. The van der Waals surface area contributed by atoms with Crippen LogP contribution in [0.15, 0.2) is 0 Å². The van der Waals surface area contributed by atoms with Gasteiger partial charge in [0.2, 0.25) is 0 Å². The monoisotopic (exact) mass is 261 g/mol. The van der Waals surface area contributed by atoms with Gasteiger partial charge in [-0.2, -0.15) is 0 Å². The lowest BCUT2D eigenvalue weighted by molar-refractivity contribution is 0.401. The highest BCUT2D eigenvalue weighted by Gasteiger charge is 2.19. The van der Waals surface area contributed by atoms with Crippen LogP contribution < -0.4 is 5.32 Å². The molecule has 0 rings (SSSR count). The molecule has 0 aromatic heterocycles. The number of hydrogen-bond donors (Lipinski definition) is 1. The van der Waals surface area contributed by atoms with Gasteiger partial charge >= 0.3 is 0 Å². The maximum Gasteiger partial charge on any atom is 0.186 e. The molecule has 0 aromatic rings. The first kappa shape index (κ1) is 16.4. The molecule has 1 N–H and O–H groups in total. The first-order chi connectivity index (χ1) is 7.27. The summed E-state index contributed by atoms with van der Waals surface area (Å²) >= 11 is 0. The van der Waals surface area contributed by atoms with Crippen molar-refractivity contribution in [2.24, 2.45) is 0 Å². The highest BCUT2D eigenvalue weighted by Crippen LogP contribution is 2.12. The molecule has 2 nitrogen and oxygen atoms in total. The molecule has 0 spiro atoms. The molecule has 0 aliphatic heterocycles. The first-order valence-corrected chi connectivity index (χ1v) is 13.3. The predicted molar refractivity (Wildman–Crippen MR) is 79.6 cm³/mol. The lowest BCUT2D eigenvalue weighted by atomic mass is 10.4. The second-order valence-corrected chi connectivity index (χ2v) is 16.5. The molecule has 16 heavy (non-hydrogen) atoms. The molecule has 4 heteroatoms. The maximum atomic E-state index is 5.53. The van der Waals surface area contributed by atoms with Gasteiger partial charge in [0.25, 0.3) is 0 Å². The van der Waals surface area contributed by atoms with Gasteiger partial charge in [0, 0.05) is 15.2 Å². The molecular weight excluding hydrogens is 230 g/mol. The molecule has 0 saturated heterocycles. The van der Waals surface area contributed by atoms with Gasteiger partial charge in [-0.3, -0.25) is 0 Å². The highest BCUT2D eigenvalue weighted by molar-refractivity contribution is 6.76. The molecule has 0 amide bonds. The van der Waals surface area contributed by atoms with Crippen LogP contribution in [0.4, 0.5) is 0 Å². The van der Waals surface area contributed by atoms with Crippen LogP contribution in [0.5, 0.6) is 0 Å². The summed E-state index contributed by atoms with van der Waals surface area (Å²) < 4.78 is 5.53. The Hall–Kier alpha value is 0.354. The van der Waals surface area contributed by atoms with Gasteiger partial charge in [-0.05, 0) is 45.1 Å². The molecule has 0 unspecified atom stereocenters. The fourth-order valence-electron chi connectivity index (χ4n) is 1.61. The van der Waals surface area contributed by atoms with Crippen LogP contribution >= 0.6 is 0 Å². The standard InChI is InChI=1S/C12H31NOSi2/c1-14-16(5,6)12-8-10-13-9-7-11-15(2,3)4/h13H,7-12H2,1-6H3. The first-order valence-electron chi connectivity index (χ1n) is 6.53. The average molecular weight is 262 g/mol. The third kappa shape index (κ3) is 10.9. The Morgan fingerprint density at radius 1 is 0.875 bits per heavy atom. The molecular formula is C12H31NOSi2. The Kier molecular flexibility index (Phi) is 7.80. The summed E-state index contributed by atoms with van der Waals surface area (Å²) in [7, 11) is -0.269. The SMILES string of the molecule is CO[Si](C)(C)CCCNCCC[Si](C)(C)C. The van der Waals surface area contributed by atoms with Crippen molar-refractivity contribution in [1.82, 2.24) is 5.32 Å². The van der Waals surface area contributed by atoms with E-state index in [1.165, 1.54) is 31.5 Å². The maximum absolute atomic E-state index is 5.53. The van der Waals surface area contributed by atoms with Gasteiger partial charge in [0.05, 0.1) is 0 Å². The van der Waals surface area contributed by atoms with Crippen LogP contribution in [-0.4, -0.2) is 36.6 Å². The van der Waals surface area contributed by atoms with E-state index in [2.05, 4.69) is 38.1 Å². The zero-order chi connectivity index (χ0) is 12.7. The van der Waals surface area contributed by atoms with Crippen LogP contribution in [0.3, 0.4) is 0 Å². The second-order valence-electron chi connectivity index (χ2n) is 6.48. The second kappa shape index (κ2) is 7.64. The van der Waals surface area contributed by atoms with Crippen molar-refractivity contribution in [1.29, 1.82) is 0 Å². The van der Waals surface area contributed by atoms with Crippen molar-refractivity contribution in [3.8, 4) is 0 Å². The van der Waals surface area contributed by atoms with Gasteiger partial charge < -0.3 is 9.74 Å².